The fraction of sp³-hybridized carbons (Fsp3) is 0.600. The van der Waals surface area contributed by atoms with E-state index < -0.39 is 0 Å². The van der Waals surface area contributed by atoms with Crippen LogP contribution in [-0.2, 0) is 4.74 Å². The fourth-order valence-corrected chi connectivity index (χ4v) is 3.20. The van der Waals surface area contributed by atoms with E-state index in [1.165, 1.54) is 6.07 Å². The number of nitrogens with one attached hydrogen (secondary N) is 1. The van der Waals surface area contributed by atoms with E-state index in [4.69, 9.17) is 4.74 Å². The summed E-state index contributed by atoms with van der Waals surface area (Å²) in [6, 6.07) is 5.81. The topological polar surface area (TPSA) is 24.5 Å². The number of morpholine rings is 1. The Morgan fingerprint density at radius 2 is 2.25 bits per heavy atom. The molecule has 0 amide bonds. The third-order valence-electron chi connectivity index (χ3n) is 3.74. The van der Waals surface area contributed by atoms with Crippen molar-refractivity contribution in [2.24, 2.45) is 0 Å². The molecule has 0 aliphatic carbocycles. The number of ether oxygens (including phenoxy) is 1. The summed E-state index contributed by atoms with van der Waals surface area (Å²) in [5.41, 5.74) is 1.09. The summed E-state index contributed by atoms with van der Waals surface area (Å²) >= 11 is 3.28. The second-order valence-electron chi connectivity index (χ2n) is 5.42. The van der Waals surface area contributed by atoms with Crippen molar-refractivity contribution in [2.75, 3.05) is 26.7 Å². The van der Waals surface area contributed by atoms with Crippen molar-refractivity contribution in [3.8, 4) is 0 Å². The summed E-state index contributed by atoms with van der Waals surface area (Å²) < 4.78 is 19.9. The van der Waals surface area contributed by atoms with Crippen molar-refractivity contribution in [3.05, 3.63) is 34.1 Å². The Hall–Kier alpha value is -0.490. The van der Waals surface area contributed by atoms with Crippen LogP contribution in [0.3, 0.4) is 0 Å². The molecule has 0 bridgehead atoms. The minimum absolute atomic E-state index is 0.0773. The zero-order valence-corrected chi connectivity index (χ0v) is 13.8. The van der Waals surface area contributed by atoms with E-state index in [1.807, 2.05) is 19.2 Å². The molecule has 0 aromatic heterocycles. The number of hydrogen-bond donors (Lipinski definition) is 1. The molecule has 1 aromatic carbocycles. The van der Waals surface area contributed by atoms with Gasteiger partial charge in [0.25, 0.3) is 0 Å². The smallest absolute Gasteiger partial charge is 0.137 e. The molecule has 112 valence electrons. The molecule has 2 atom stereocenters. The second kappa shape index (κ2) is 6.98. The lowest BCUT2D eigenvalue weighted by molar-refractivity contribution is -0.0815. The molecule has 0 saturated carbocycles. The number of rotatable bonds is 4. The van der Waals surface area contributed by atoms with Gasteiger partial charge in [-0.05, 0) is 54.5 Å². The highest BCUT2D eigenvalue weighted by molar-refractivity contribution is 9.10. The van der Waals surface area contributed by atoms with Gasteiger partial charge in [-0.25, -0.2) is 4.39 Å². The first-order chi connectivity index (χ1) is 9.54. The Labute approximate surface area is 128 Å². The molecule has 1 aromatic rings. The van der Waals surface area contributed by atoms with Crippen LogP contribution in [0.1, 0.15) is 25.5 Å². The largest absolute Gasteiger partial charge is 0.374 e. The van der Waals surface area contributed by atoms with Crippen molar-refractivity contribution in [2.45, 2.75) is 32.0 Å². The summed E-state index contributed by atoms with van der Waals surface area (Å²) in [6.07, 6.45) is 0.0773. The van der Waals surface area contributed by atoms with Gasteiger partial charge in [-0.3, -0.25) is 4.90 Å². The van der Waals surface area contributed by atoms with Gasteiger partial charge in [-0.1, -0.05) is 6.07 Å². The molecular formula is C15H22BrFN2O. The number of hydrogen-bond acceptors (Lipinski definition) is 3. The SMILES string of the molecule is CNCC1OCCN(C(C)C)C1c1ccc(F)c(Br)c1. The molecule has 20 heavy (non-hydrogen) atoms. The highest BCUT2D eigenvalue weighted by atomic mass is 79.9. The predicted octanol–water partition coefficient (Wildman–Crippen LogP) is 2.96. The van der Waals surface area contributed by atoms with Crippen LogP contribution >= 0.6 is 15.9 Å². The van der Waals surface area contributed by atoms with Gasteiger partial charge in [-0.2, -0.15) is 0 Å². The number of nitrogens with zero attached hydrogens (tertiary/aromatic N) is 1. The second-order valence-corrected chi connectivity index (χ2v) is 6.27. The minimum atomic E-state index is -0.230. The maximum Gasteiger partial charge on any atom is 0.137 e. The average molecular weight is 345 g/mol. The lowest BCUT2D eigenvalue weighted by atomic mass is 9.96. The molecule has 1 heterocycles. The van der Waals surface area contributed by atoms with Gasteiger partial charge in [0.1, 0.15) is 5.82 Å². The van der Waals surface area contributed by atoms with Crippen LogP contribution in [-0.4, -0.2) is 43.8 Å². The van der Waals surface area contributed by atoms with Crippen LogP contribution in [0.5, 0.6) is 0 Å². The molecule has 1 N–H and O–H groups in total. The van der Waals surface area contributed by atoms with Gasteiger partial charge in [0, 0.05) is 19.1 Å². The van der Waals surface area contributed by atoms with Gasteiger partial charge >= 0.3 is 0 Å². The Morgan fingerprint density at radius 1 is 1.50 bits per heavy atom. The zero-order chi connectivity index (χ0) is 14.7. The van der Waals surface area contributed by atoms with Crippen molar-refractivity contribution in [3.63, 3.8) is 0 Å². The van der Waals surface area contributed by atoms with Crippen LogP contribution in [0.25, 0.3) is 0 Å². The van der Waals surface area contributed by atoms with E-state index in [9.17, 15) is 4.39 Å². The lowest BCUT2D eigenvalue weighted by Crippen LogP contribution is -2.51. The summed E-state index contributed by atoms with van der Waals surface area (Å²) in [4.78, 5) is 2.42. The molecule has 0 spiro atoms. The van der Waals surface area contributed by atoms with Gasteiger partial charge in [0.15, 0.2) is 0 Å². The third-order valence-corrected chi connectivity index (χ3v) is 4.35. The Kier molecular flexibility index (Phi) is 5.55. The molecule has 2 rings (SSSR count). The zero-order valence-electron chi connectivity index (χ0n) is 12.2. The average Bonchev–Trinajstić information content (AvgIpc) is 2.42. The third kappa shape index (κ3) is 3.39. The molecule has 2 unspecified atom stereocenters. The maximum atomic E-state index is 13.5. The summed E-state index contributed by atoms with van der Waals surface area (Å²) in [5.74, 6) is -0.230. The van der Waals surface area contributed by atoms with Gasteiger partial charge in [-0.15, -0.1) is 0 Å². The Balaban J connectivity index is 2.35. The fourth-order valence-electron chi connectivity index (χ4n) is 2.81. The highest BCUT2D eigenvalue weighted by Gasteiger charge is 2.34. The first-order valence-electron chi connectivity index (χ1n) is 7.01. The van der Waals surface area contributed by atoms with E-state index in [0.717, 1.165) is 25.3 Å². The van der Waals surface area contributed by atoms with Gasteiger partial charge < -0.3 is 10.1 Å². The van der Waals surface area contributed by atoms with Crippen molar-refractivity contribution in [1.82, 2.24) is 10.2 Å². The molecule has 5 heteroatoms. The molecule has 3 nitrogen and oxygen atoms in total. The van der Waals surface area contributed by atoms with Gasteiger partial charge in [0.05, 0.1) is 23.2 Å². The first-order valence-corrected chi connectivity index (χ1v) is 7.80. The van der Waals surface area contributed by atoms with Crippen LogP contribution < -0.4 is 5.32 Å². The quantitative estimate of drug-likeness (QED) is 0.908. The Morgan fingerprint density at radius 3 is 2.85 bits per heavy atom. The van der Waals surface area contributed by atoms with Gasteiger partial charge in [0.2, 0.25) is 0 Å². The summed E-state index contributed by atoms with van der Waals surface area (Å²) in [6.45, 7) is 6.80. The maximum absolute atomic E-state index is 13.5. The van der Waals surface area contributed by atoms with Crippen molar-refractivity contribution >= 4 is 15.9 Å². The van der Waals surface area contributed by atoms with E-state index in [0.29, 0.717) is 10.5 Å². The highest BCUT2D eigenvalue weighted by Crippen LogP contribution is 2.33. The first kappa shape index (κ1) is 15.9. The lowest BCUT2D eigenvalue weighted by Gasteiger charge is -2.43. The normalized spacial score (nSPS) is 24.3. The van der Waals surface area contributed by atoms with Crippen molar-refractivity contribution < 1.29 is 9.13 Å². The monoisotopic (exact) mass is 344 g/mol. The molecule has 1 aliphatic rings. The van der Waals surface area contributed by atoms with Crippen LogP contribution in [0.15, 0.2) is 22.7 Å². The molecule has 1 aliphatic heterocycles. The van der Waals surface area contributed by atoms with Crippen LogP contribution in [0, 0.1) is 5.82 Å². The van der Waals surface area contributed by atoms with Crippen LogP contribution in [0.2, 0.25) is 0 Å². The minimum Gasteiger partial charge on any atom is -0.374 e. The standard InChI is InChI=1S/C15H22BrFN2O/c1-10(2)19-6-7-20-14(9-18-3)15(19)11-4-5-13(17)12(16)8-11/h4-5,8,10,14-15,18H,6-7,9H2,1-3H3. The van der Waals surface area contributed by atoms with E-state index >= 15 is 0 Å². The summed E-state index contributed by atoms with van der Waals surface area (Å²) in [7, 11) is 1.93. The number of likely N-dealkylation sites (N-methyl/N-ethyl adjacent to an activating group) is 1. The van der Waals surface area contributed by atoms with E-state index in [-0.39, 0.29) is 18.0 Å². The molecule has 1 saturated heterocycles. The van der Waals surface area contributed by atoms with Crippen LogP contribution in [0.4, 0.5) is 4.39 Å². The van der Waals surface area contributed by atoms with E-state index in [2.05, 4.69) is 40.0 Å². The summed E-state index contributed by atoms with van der Waals surface area (Å²) in [5, 5.41) is 3.19. The number of halogens is 2. The number of benzene rings is 1. The van der Waals surface area contributed by atoms with Crippen molar-refractivity contribution in [1.29, 1.82) is 0 Å². The predicted molar refractivity (Wildman–Crippen MR) is 82.3 cm³/mol. The molecule has 0 radical (unpaired) electrons. The molecule has 1 fully saturated rings. The molecular weight excluding hydrogens is 323 g/mol. The Bertz CT molecular complexity index is 453. The van der Waals surface area contributed by atoms with E-state index in [1.54, 1.807) is 0 Å².